The second-order valence-electron chi connectivity index (χ2n) is 4.02. The maximum Gasteiger partial charge on any atom is 0.387 e. The fourth-order valence-corrected chi connectivity index (χ4v) is 2.45. The predicted octanol–water partition coefficient (Wildman–Crippen LogP) is 2.81. The quantitative estimate of drug-likeness (QED) is 0.857. The van der Waals surface area contributed by atoms with Crippen molar-refractivity contribution in [3.63, 3.8) is 0 Å². The summed E-state index contributed by atoms with van der Waals surface area (Å²) < 4.78 is 34.3. The van der Waals surface area contributed by atoms with E-state index < -0.39 is 12.7 Å². The average Bonchev–Trinajstić information content (AvgIpc) is 2.86. The number of hydrogen-bond donors (Lipinski definition) is 2. The highest BCUT2D eigenvalue weighted by Crippen LogP contribution is 2.35. The van der Waals surface area contributed by atoms with Crippen LogP contribution < -0.4 is 15.2 Å². The number of aliphatic hydroxyl groups is 1. The third-order valence-electron chi connectivity index (χ3n) is 2.61. The van der Waals surface area contributed by atoms with Crippen molar-refractivity contribution in [3.8, 4) is 11.5 Å². The molecule has 1 aromatic heterocycles. The number of nitrogen functional groups attached to an aromatic ring is 1. The molecule has 0 fully saturated rings. The van der Waals surface area contributed by atoms with Crippen molar-refractivity contribution in [3.05, 3.63) is 34.8 Å². The predicted molar refractivity (Wildman–Crippen MR) is 74.8 cm³/mol. The van der Waals surface area contributed by atoms with E-state index in [0.717, 1.165) is 11.3 Å². The Morgan fingerprint density at radius 3 is 2.71 bits per heavy atom. The number of hydrogen-bond acceptors (Lipinski definition) is 6. The number of ether oxygens (including phenoxy) is 2. The van der Waals surface area contributed by atoms with Gasteiger partial charge in [0.05, 0.1) is 11.5 Å². The molecule has 0 saturated carbocycles. The summed E-state index contributed by atoms with van der Waals surface area (Å²) in [7, 11) is 0. The Morgan fingerprint density at radius 1 is 1.38 bits per heavy atom. The minimum atomic E-state index is -2.94. The lowest BCUT2D eigenvalue weighted by Crippen LogP contribution is -2.06. The molecule has 0 radical (unpaired) electrons. The molecule has 0 amide bonds. The van der Waals surface area contributed by atoms with E-state index in [-0.39, 0.29) is 18.1 Å². The summed E-state index contributed by atoms with van der Waals surface area (Å²) in [4.78, 5) is 4.41. The molecule has 5 nitrogen and oxygen atoms in total. The zero-order valence-electron chi connectivity index (χ0n) is 11.1. The topological polar surface area (TPSA) is 77.6 Å². The van der Waals surface area contributed by atoms with Crippen molar-refractivity contribution in [2.75, 3.05) is 12.3 Å². The van der Waals surface area contributed by atoms with Gasteiger partial charge in [-0.3, -0.25) is 0 Å². The van der Waals surface area contributed by atoms with Crippen LogP contribution in [0.3, 0.4) is 0 Å². The first-order valence-corrected chi connectivity index (χ1v) is 6.93. The summed E-state index contributed by atoms with van der Waals surface area (Å²) in [6.45, 7) is -0.938. The number of halogens is 2. The Balaban J connectivity index is 2.30. The fourth-order valence-electron chi connectivity index (χ4n) is 1.75. The largest absolute Gasteiger partial charge is 0.490 e. The van der Waals surface area contributed by atoms with Gasteiger partial charge < -0.3 is 20.3 Å². The molecule has 1 atom stereocenters. The van der Waals surface area contributed by atoms with Crippen molar-refractivity contribution >= 4 is 16.5 Å². The normalized spacial score (nSPS) is 12.4. The minimum Gasteiger partial charge on any atom is -0.490 e. The molecule has 2 aromatic rings. The van der Waals surface area contributed by atoms with Crippen molar-refractivity contribution in [2.45, 2.75) is 19.6 Å². The van der Waals surface area contributed by atoms with Crippen molar-refractivity contribution in [1.82, 2.24) is 4.98 Å². The van der Waals surface area contributed by atoms with Gasteiger partial charge in [-0.2, -0.15) is 8.78 Å². The molecule has 1 aromatic carbocycles. The molecule has 0 bridgehead atoms. The van der Waals surface area contributed by atoms with E-state index in [1.54, 1.807) is 6.92 Å². The Labute approximate surface area is 124 Å². The molecule has 1 unspecified atom stereocenters. The molecule has 2 rings (SSSR count). The third-order valence-corrected chi connectivity index (χ3v) is 3.49. The number of nitrogens with two attached hydrogens (primary N) is 1. The Bertz CT molecular complexity index is 607. The van der Waals surface area contributed by atoms with Crippen LogP contribution in [-0.4, -0.2) is 23.3 Å². The number of anilines is 1. The van der Waals surface area contributed by atoms with E-state index in [4.69, 9.17) is 10.5 Å². The highest BCUT2D eigenvalue weighted by Gasteiger charge is 2.17. The first kappa shape index (κ1) is 15.5. The molecule has 0 aliphatic carbocycles. The van der Waals surface area contributed by atoms with Crippen LogP contribution >= 0.6 is 11.3 Å². The first-order chi connectivity index (χ1) is 10.0. The summed E-state index contributed by atoms with van der Waals surface area (Å²) in [5, 5.41) is 10.6. The highest BCUT2D eigenvalue weighted by molar-refractivity contribution is 7.15. The van der Waals surface area contributed by atoms with Crippen molar-refractivity contribution in [2.24, 2.45) is 0 Å². The van der Waals surface area contributed by atoms with E-state index in [1.807, 2.05) is 0 Å². The zero-order chi connectivity index (χ0) is 15.4. The van der Waals surface area contributed by atoms with E-state index in [2.05, 4.69) is 9.72 Å². The summed E-state index contributed by atoms with van der Waals surface area (Å²) in [6.07, 6.45) is 0.508. The van der Waals surface area contributed by atoms with Crippen LogP contribution in [0.2, 0.25) is 0 Å². The molecule has 8 heteroatoms. The number of rotatable bonds is 6. The minimum absolute atomic E-state index is 0.0772. The second-order valence-corrected chi connectivity index (χ2v) is 5.11. The summed E-state index contributed by atoms with van der Waals surface area (Å²) >= 11 is 1.15. The van der Waals surface area contributed by atoms with Gasteiger partial charge in [-0.1, -0.05) is 17.4 Å². The van der Waals surface area contributed by atoms with Crippen LogP contribution in [0.4, 0.5) is 13.9 Å². The van der Waals surface area contributed by atoms with Gasteiger partial charge in [-0.25, -0.2) is 4.98 Å². The van der Waals surface area contributed by atoms with Gasteiger partial charge >= 0.3 is 6.61 Å². The van der Waals surface area contributed by atoms with E-state index in [0.29, 0.717) is 15.6 Å². The van der Waals surface area contributed by atoms with Gasteiger partial charge in [0.2, 0.25) is 0 Å². The summed E-state index contributed by atoms with van der Waals surface area (Å²) in [5.74, 6) is 0.0680. The maximum atomic E-state index is 12.3. The number of aliphatic hydroxyl groups excluding tert-OH is 1. The molecular weight excluding hydrogens is 302 g/mol. The molecule has 114 valence electrons. The van der Waals surface area contributed by atoms with Gasteiger partial charge in [0.25, 0.3) is 0 Å². The fraction of sp³-hybridized carbons (Fsp3) is 0.308. The Kier molecular flexibility index (Phi) is 4.92. The molecule has 0 saturated heterocycles. The van der Waals surface area contributed by atoms with Gasteiger partial charge in [-0.15, -0.1) is 0 Å². The highest BCUT2D eigenvalue weighted by atomic mass is 32.1. The zero-order valence-corrected chi connectivity index (χ0v) is 11.9. The molecule has 21 heavy (non-hydrogen) atoms. The third kappa shape index (κ3) is 3.79. The van der Waals surface area contributed by atoms with E-state index in [9.17, 15) is 13.9 Å². The van der Waals surface area contributed by atoms with E-state index in [1.165, 1.54) is 24.4 Å². The lowest BCUT2D eigenvalue weighted by molar-refractivity contribution is -0.0514. The van der Waals surface area contributed by atoms with Gasteiger partial charge in [0.15, 0.2) is 16.6 Å². The molecule has 0 aliphatic rings. The summed E-state index contributed by atoms with van der Waals surface area (Å²) in [5.41, 5.74) is 5.99. The lowest BCUT2D eigenvalue weighted by atomic mass is 10.1. The van der Waals surface area contributed by atoms with Crippen LogP contribution in [0.1, 0.15) is 23.5 Å². The SMILES string of the molecule is CCOc1cc(C(O)c2cnc(N)s2)ccc1OC(F)F. The van der Waals surface area contributed by atoms with Crippen LogP contribution in [0, 0.1) is 0 Å². The number of benzene rings is 1. The maximum absolute atomic E-state index is 12.3. The number of alkyl halides is 2. The van der Waals surface area contributed by atoms with Crippen LogP contribution in [0.5, 0.6) is 11.5 Å². The van der Waals surface area contributed by atoms with E-state index >= 15 is 0 Å². The van der Waals surface area contributed by atoms with Crippen LogP contribution in [-0.2, 0) is 0 Å². The number of nitrogens with zero attached hydrogens (tertiary/aromatic N) is 1. The lowest BCUT2D eigenvalue weighted by Gasteiger charge is -2.14. The van der Waals surface area contributed by atoms with Crippen LogP contribution in [0.25, 0.3) is 0 Å². The molecule has 0 aliphatic heterocycles. The number of thiazole rings is 1. The summed E-state index contributed by atoms with van der Waals surface area (Å²) in [6, 6.07) is 4.28. The van der Waals surface area contributed by atoms with Gasteiger partial charge in [-0.05, 0) is 24.6 Å². The van der Waals surface area contributed by atoms with Gasteiger partial charge in [0, 0.05) is 6.20 Å². The molecule has 0 spiro atoms. The second kappa shape index (κ2) is 6.68. The Morgan fingerprint density at radius 2 is 2.14 bits per heavy atom. The first-order valence-electron chi connectivity index (χ1n) is 6.12. The van der Waals surface area contributed by atoms with Gasteiger partial charge in [0.1, 0.15) is 6.10 Å². The van der Waals surface area contributed by atoms with Crippen molar-refractivity contribution < 1.29 is 23.4 Å². The average molecular weight is 316 g/mol. The Hall–Kier alpha value is -1.93. The number of aromatic nitrogens is 1. The smallest absolute Gasteiger partial charge is 0.387 e. The molecular formula is C13H14F2N2O3S. The standard InChI is InChI=1S/C13H14F2N2O3S/c1-2-19-9-5-7(3-4-8(9)20-12(14)15)11(18)10-6-17-13(16)21-10/h3-6,11-12,18H,2H2,1H3,(H2,16,17). The monoisotopic (exact) mass is 316 g/mol. The molecule has 1 heterocycles. The van der Waals surface area contributed by atoms with Crippen LogP contribution in [0.15, 0.2) is 24.4 Å². The van der Waals surface area contributed by atoms with Crippen molar-refractivity contribution in [1.29, 1.82) is 0 Å². The molecule has 3 N–H and O–H groups in total.